The van der Waals surface area contributed by atoms with Crippen LogP contribution < -0.4 is 10.2 Å². The second kappa shape index (κ2) is 8.61. The van der Waals surface area contributed by atoms with Crippen molar-refractivity contribution in [1.82, 2.24) is 9.79 Å². The number of carbonyl (C=O) groups excluding carboxylic acids is 1. The van der Waals surface area contributed by atoms with Crippen LogP contribution in [0.4, 0.5) is 0 Å². The number of hydrogen-bond acceptors (Lipinski definition) is 5. The number of hydrogen-bond donors (Lipinski definition) is 2. The van der Waals surface area contributed by atoms with Crippen molar-refractivity contribution in [1.29, 1.82) is 0 Å². The molecule has 2 aromatic rings. The van der Waals surface area contributed by atoms with Crippen molar-refractivity contribution in [2.24, 2.45) is 0 Å². The van der Waals surface area contributed by atoms with Gasteiger partial charge in [-0.05, 0) is 23.3 Å². The summed E-state index contributed by atoms with van der Waals surface area (Å²) in [5.74, 6) is -1.17. The van der Waals surface area contributed by atoms with Gasteiger partial charge in [0, 0.05) is 13.6 Å². The van der Waals surface area contributed by atoms with Crippen LogP contribution in [0.25, 0.3) is 11.1 Å². The van der Waals surface area contributed by atoms with Crippen molar-refractivity contribution in [2.75, 3.05) is 26.0 Å². The van der Waals surface area contributed by atoms with Crippen molar-refractivity contribution < 1.29 is 23.2 Å². The highest BCUT2D eigenvalue weighted by molar-refractivity contribution is 7.89. The molecule has 7 nitrogen and oxygen atoms in total. The van der Waals surface area contributed by atoms with E-state index in [9.17, 15) is 13.2 Å². The summed E-state index contributed by atoms with van der Waals surface area (Å²) in [6, 6.07) is 17.4. The summed E-state index contributed by atoms with van der Waals surface area (Å²) in [5.41, 5.74) is 3.46. The molecule has 8 heteroatoms. The normalized spacial score (nSPS) is 11.3. The minimum Gasteiger partial charge on any atom is -0.492 e. The largest absolute Gasteiger partial charge is 0.492 e. The van der Waals surface area contributed by atoms with Crippen LogP contribution in [0.15, 0.2) is 54.6 Å². The Kier molecular flexibility index (Phi) is 6.51. The number of hydroxylamine groups is 1. The number of ether oxygens (including phenoxy) is 1. The maximum atomic E-state index is 11.8. The van der Waals surface area contributed by atoms with Crippen molar-refractivity contribution >= 4 is 15.9 Å². The van der Waals surface area contributed by atoms with E-state index in [0.717, 1.165) is 15.4 Å². The summed E-state index contributed by atoms with van der Waals surface area (Å²) in [5, 5.41) is 8.40. The maximum absolute atomic E-state index is 11.8. The molecule has 0 aliphatic heterocycles. The van der Waals surface area contributed by atoms with Crippen LogP contribution >= 0.6 is 0 Å². The van der Waals surface area contributed by atoms with E-state index in [0.29, 0.717) is 5.75 Å². The Hall–Kier alpha value is -2.42. The zero-order chi connectivity index (χ0) is 18.3. The van der Waals surface area contributed by atoms with E-state index in [4.69, 9.17) is 9.94 Å². The van der Waals surface area contributed by atoms with Gasteiger partial charge in [-0.2, -0.15) is 0 Å². The number of benzene rings is 2. The summed E-state index contributed by atoms with van der Waals surface area (Å²) < 4.78 is 30.2. The van der Waals surface area contributed by atoms with Gasteiger partial charge in [-0.15, -0.1) is 0 Å². The van der Waals surface area contributed by atoms with Crippen LogP contribution in [-0.2, 0) is 14.8 Å². The van der Waals surface area contributed by atoms with Crippen molar-refractivity contribution in [3.8, 4) is 16.9 Å². The molecule has 1 amide bonds. The quantitative estimate of drug-likeness (QED) is 0.547. The topological polar surface area (TPSA) is 95.9 Å². The zero-order valence-corrected chi connectivity index (χ0v) is 14.6. The second-order valence-electron chi connectivity index (χ2n) is 5.35. The number of nitrogens with one attached hydrogen (secondary N) is 1. The van der Waals surface area contributed by atoms with Gasteiger partial charge in [0.25, 0.3) is 5.91 Å². The lowest BCUT2D eigenvalue weighted by Gasteiger charge is -2.16. The molecule has 0 fully saturated rings. The number of carbonyl (C=O) groups is 1. The van der Waals surface area contributed by atoms with E-state index in [1.807, 2.05) is 54.6 Å². The number of likely N-dealkylation sites (N-methyl/N-ethyl adjacent to an activating group) is 1. The third-order valence-corrected chi connectivity index (χ3v) is 5.31. The molecule has 0 unspecified atom stereocenters. The highest BCUT2D eigenvalue weighted by Gasteiger charge is 2.21. The molecule has 0 heterocycles. The molecule has 134 valence electrons. The summed E-state index contributed by atoms with van der Waals surface area (Å²) >= 11 is 0. The Labute approximate surface area is 146 Å². The minimum atomic E-state index is -3.79. The van der Waals surface area contributed by atoms with E-state index < -0.39 is 21.7 Å². The van der Waals surface area contributed by atoms with Crippen LogP contribution in [0.3, 0.4) is 0 Å². The lowest BCUT2D eigenvalue weighted by atomic mass is 10.1. The fourth-order valence-electron chi connectivity index (χ4n) is 2.11. The fourth-order valence-corrected chi connectivity index (χ4v) is 3.08. The Morgan fingerprint density at radius 2 is 1.68 bits per heavy atom. The van der Waals surface area contributed by atoms with Crippen LogP contribution in [0.2, 0.25) is 0 Å². The summed E-state index contributed by atoms with van der Waals surface area (Å²) in [6.07, 6.45) is 0. The number of nitrogens with zero attached hydrogens (tertiary/aromatic N) is 1. The first kappa shape index (κ1) is 18.9. The fraction of sp³-hybridized carbons (Fsp3) is 0.235. The van der Waals surface area contributed by atoms with E-state index in [2.05, 4.69) is 0 Å². The highest BCUT2D eigenvalue weighted by Crippen LogP contribution is 2.22. The second-order valence-corrected chi connectivity index (χ2v) is 7.43. The van der Waals surface area contributed by atoms with Gasteiger partial charge in [0.15, 0.2) is 0 Å². The number of rotatable bonds is 8. The first-order valence-corrected chi connectivity index (χ1v) is 9.18. The Morgan fingerprint density at radius 1 is 1.08 bits per heavy atom. The molecule has 25 heavy (non-hydrogen) atoms. The Balaban J connectivity index is 1.86. The zero-order valence-electron chi connectivity index (χ0n) is 13.8. The lowest BCUT2D eigenvalue weighted by Crippen LogP contribution is -2.38. The van der Waals surface area contributed by atoms with E-state index in [1.54, 1.807) is 0 Å². The standard InChI is InChI=1S/C17H20N2O5S/c1-19(25(22,23)13-17(20)18-21)11-12-24-16-9-7-15(8-10-16)14-5-3-2-4-6-14/h2-10,21H,11-13H2,1H3,(H,18,20). The monoisotopic (exact) mass is 364 g/mol. The number of sulfonamides is 1. The predicted molar refractivity (Wildman–Crippen MR) is 93.7 cm³/mol. The molecule has 2 N–H and O–H groups in total. The third-order valence-electron chi connectivity index (χ3n) is 3.55. The molecule has 0 aliphatic rings. The molecule has 2 aromatic carbocycles. The average molecular weight is 364 g/mol. The van der Waals surface area contributed by atoms with Crippen LogP contribution in [0, 0.1) is 0 Å². The van der Waals surface area contributed by atoms with Gasteiger partial charge in [0.05, 0.1) is 0 Å². The van der Waals surface area contributed by atoms with E-state index in [-0.39, 0.29) is 13.2 Å². The molecule has 0 radical (unpaired) electrons. The average Bonchev–Trinajstić information content (AvgIpc) is 2.62. The first-order chi connectivity index (χ1) is 11.9. The molecule has 0 atom stereocenters. The van der Waals surface area contributed by atoms with Crippen LogP contribution in [-0.4, -0.2) is 49.8 Å². The molecule has 0 aromatic heterocycles. The van der Waals surface area contributed by atoms with Gasteiger partial charge in [-0.1, -0.05) is 42.5 Å². The summed E-state index contributed by atoms with van der Waals surface area (Å²) in [6.45, 7) is 0.225. The van der Waals surface area contributed by atoms with Gasteiger partial charge in [-0.25, -0.2) is 18.2 Å². The van der Waals surface area contributed by atoms with E-state index >= 15 is 0 Å². The predicted octanol–water partition coefficient (Wildman–Crippen LogP) is 1.50. The van der Waals surface area contributed by atoms with Crippen molar-refractivity contribution in [2.45, 2.75) is 0 Å². The van der Waals surface area contributed by atoms with Gasteiger partial charge in [0.2, 0.25) is 10.0 Å². The minimum absolute atomic E-state index is 0.0848. The van der Waals surface area contributed by atoms with Crippen LogP contribution in [0.5, 0.6) is 5.75 Å². The third kappa shape index (κ3) is 5.56. The molecule has 2 rings (SSSR count). The van der Waals surface area contributed by atoms with Gasteiger partial charge >= 0.3 is 0 Å². The van der Waals surface area contributed by atoms with Crippen molar-refractivity contribution in [3.05, 3.63) is 54.6 Å². The Morgan fingerprint density at radius 3 is 2.28 bits per heavy atom. The molecule has 0 spiro atoms. The summed E-state index contributed by atoms with van der Waals surface area (Å²) in [7, 11) is -2.44. The molecule has 0 saturated carbocycles. The SMILES string of the molecule is CN(CCOc1ccc(-c2ccccc2)cc1)S(=O)(=O)CC(=O)NO. The first-order valence-electron chi connectivity index (χ1n) is 7.57. The van der Waals surface area contributed by atoms with Gasteiger partial charge in [0.1, 0.15) is 18.1 Å². The molecule has 0 aliphatic carbocycles. The Bertz CT molecular complexity index is 792. The van der Waals surface area contributed by atoms with Gasteiger partial charge < -0.3 is 4.74 Å². The number of amides is 1. The lowest BCUT2D eigenvalue weighted by molar-refractivity contribution is -0.126. The maximum Gasteiger partial charge on any atom is 0.259 e. The summed E-state index contributed by atoms with van der Waals surface area (Å²) in [4.78, 5) is 11.0. The van der Waals surface area contributed by atoms with Crippen molar-refractivity contribution in [3.63, 3.8) is 0 Å². The van der Waals surface area contributed by atoms with Crippen LogP contribution in [0.1, 0.15) is 0 Å². The highest BCUT2D eigenvalue weighted by atomic mass is 32.2. The van der Waals surface area contributed by atoms with Gasteiger partial charge in [-0.3, -0.25) is 10.0 Å². The van der Waals surface area contributed by atoms with E-state index in [1.165, 1.54) is 12.5 Å². The molecule has 0 saturated heterocycles. The molecular weight excluding hydrogens is 344 g/mol. The molecule has 0 bridgehead atoms. The smallest absolute Gasteiger partial charge is 0.259 e. The molecular formula is C17H20N2O5S.